The van der Waals surface area contributed by atoms with Crippen LogP contribution in [-0.4, -0.2) is 11.5 Å². The van der Waals surface area contributed by atoms with E-state index in [9.17, 15) is 13.2 Å². The highest BCUT2D eigenvalue weighted by molar-refractivity contribution is 5.13. The molecule has 0 bridgehead atoms. The van der Waals surface area contributed by atoms with Gasteiger partial charge in [0.15, 0.2) is 5.82 Å². The lowest BCUT2D eigenvalue weighted by Gasteiger charge is -2.08. The van der Waals surface area contributed by atoms with Crippen LogP contribution in [0.3, 0.4) is 0 Å². The smallest absolute Gasteiger partial charge is 0.249 e. The molecule has 1 heterocycles. The van der Waals surface area contributed by atoms with Gasteiger partial charge in [0, 0.05) is 12.6 Å². The Hall–Kier alpha value is -1.14. The first kappa shape index (κ1) is 9.94. The molecule has 0 saturated heterocycles. The molecule has 0 unspecified atom stereocenters. The van der Waals surface area contributed by atoms with E-state index in [1.165, 1.54) is 0 Å². The van der Waals surface area contributed by atoms with Gasteiger partial charge in [-0.2, -0.15) is 4.39 Å². The van der Waals surface area contributed by atoms with Crippen molar-refractivity contribution in [3.05, 3.63) is 29.3 Å². The van der Waals surface area contributed by atoms with Gasteiger partial charge in [-0.25, -0.2) is 13.8 Å². The molecule has 4 N–H and O–H groups in total. The van der Waals surface area contributed by atoms with E-state index in [0.29, 0.717) is 6.07 Å². The van der Waals surface area contributed by atoms with Gasteiger partial charge in [-0.3, -0.25) is 0 Å². The topological polar surface area (TPSA) is 64.9 Å². The Kier molecular flexibility index (Phi) is 2.84. The van der Waals surface area contributed by atoms with Gasteiger partial charge < -0.3 is 11.5 Å². The number of nitrogens with two attached hydrogens (primary N) is 2. The third-order valence-electron chi connectivity index (χ3n) is 1.52. The molecule has 0 fully saturated rings. The molecule has 1 rings (SSSR count). The Morgan fingerprint density at radius 1 is 1.31 bits per heavy atom. The fourth-order valence-corrected chi connectivity index (χ4v) is 0.829. The van der Waals surface area contributed by atoms with E-state index < -0.39 is 23.6 Å². The Labute approximate surface area is 72.6 Å². The summed E-state index contributed by atoms with van der Waals surface area (Å²) in [6.07, 6.45) is 0. The standard InChI is InChI=1S/C7H8F3N3/c8-3-1-4(9)7(10)13-6(3)5(12)2-11/h1,5H,2,11-12H2/t5-/m1/s1. The second-order valence-corrected chi connectivity index (χ2v) is 2.47. The molecular formula is C7H8F3N3. The van der Waals surface area contributed by atoms with E-state index in [-0.39, 0.29) is 12.2 Å². The summed E-state index contributed by atoms with van der Waals surface area (Å²) < 4.78 is 37.7. The summed E-state index contributed by atoms with van der Waals surface area (Å²) in [5, 5.41) is 0. The Morgan fingerprint density at radius 3 is 2.46 bits per heavy atom. The Bertz CT molecular complexity index is 316. The van der Waals surface area contributed by atoms with Crippen LogP contribution >= 0.6 is 0 Å². The normalized spacial score (nSPS) is 13.0. The quantitative estimate of drug-likeness (QED) is 0.667. The fraction of sp³-hybridized carbons (Fsp3) is 0.286. The summed E-state index contributed by atoms with van der Waals surface area (Å²) in [5.74, 6) is -3.71. The second-order valence-electron chi connectivity index (χ2n) is 2.47. The van der Waals surface area contributed by atoms with Crippen molar-refractivity contribution in [2.45, 2.75) is 6.04 Å². The average molecular weight is 191 g/mol. The zero-order valence-corrected chi connectivity index (χ0v) is 6.60. The monoisotopic (exact) mass is 191 g/mol. The van der Waals surface area contributed by atoms with Gasteiger partial charge in [0.2, 0.25) is 5.95 Å². The molecule has 1 aromatic rings. The highest BCUT2D eigenvalue weighted by Crippen LogP contribution is 2.14. The third kappa shape index (κ3) is 1.96. The number of nitrogens with zero attached hydrogens (tertiary/aromatic N) is 1. The molecule has 0 aliphatic carbocycles. The van der Waals surface area contributed by atoms with Crippen LogP contribution in [-0.2, 0) is 0 Å². The van der Waals surface area contributed by atoms with Crippen LogP contribution in [0.5, 0.6) is 0 Å². The lowest BCUT2D eigenvalue weighted by atomic mass is 10.2. The van der Waals surface area contributed by atoms with Crippen molar-refractivity contribution >= 4 is 0 Å². The van der Waals surface area contributed by atoms with E-state index in [1.807, 2.05) is 0 Å². The highest BCUT2D eigenvalue weighted by Gasteiger charge is 2.16. The number of hydrogen-bond donors (Lipinski definition) is 2. The first-order valence-corrected chi connectivity index (χ1v) is 3.53. The van der Waals surface area contributed by atoms with Crippen LogP contribution in [0.4, 0.5) is 13.2 Å². The van der Waals surface area contributed by atoms with Gasteiger partial charge in [0.1, 0.15) is 5.82 Å². The van der Waals surface area contributed by atoms with Crippen molar-refractivity contribution in [1.29, 1.82) is 0 Å². The maximum atomic E-state index is 12.9. The van der Waals surface area contributed by atoms with E-state index in [4.69, 9.17) is 11.5 Å². The minimum Gasteiger partial charge on any atom is -0.329 e. The minimum atomic E-state index is -1.37. The third-order valence-corrected chi connectivity index (χ3v) is 1.52. The summed E-state index contributed by atoms with van der Waals surface area (Å²) >= 11 is 0. The number of halogens is 3. The molecule has 0 aliphatic rings. The van der Waals surface area contributed by atoms with Crippen molar-refractivity contribution in [2.75, 3.05) is 6.54 Å². The van der Waals surface area contributed by atoms with Gasteiger partial charge in [0.05, 0.1) is 11.7 Å². The number of pyridine rings is 1. The largest absolute Gasteiger partial charge is 0.329 e. The Balaban J connectivity index is 3.15. The first-order chi connectivity index (χ1) is 6.06. The molecule has 0 amide bonds. The molecule has 1 aromatic heterocycles. The SMILES string of the molecule is NC[C@@H](N)c1nc(F)c(F)cc1F. The fourth-order valence-electron chi connectivity index (χ4n) is 0.829. The molecule has 0 radical (unpaired) electrons. The molecule has 6 heteroatoms. The molecule has 13 heavy (non-hydrogen) atoms. The zero-order chi connectivity index (χ0) is 10.0. The highest BCUT2D eigenvalue weighted by atomic mass is 19.2. The van der Waals surface area contributed by atoms with E-state index >= 15 is 0 Å². The van der Waals surface area contributed by atoms with Crippen molar-refractivity contribution in [1.82, 2.24) is 4.98 Å². The lowest BCUT2D eigenvalue weighted by molar-refractivity contribution is 0.448. The molecular weight excluding hydrogens is 183 g/mol. The molecule has 0 spiro atoms. The van der Waals surface area contributed by atoms with Crippen LogP contribution in [0.25, 0.3) is 0 Å². The van der Waals surface area contributed by atoms with Gasteiger partial charge in [-0.15, -0.1) is 0 Å². The predicted octanol–water partition coefficient (Wildman–Crippen LogP) is 0.457. The first-order valence-electron chi connectivity index (χ1n) is 3.53. The van der Waals surface area contributed by atoms with Crippen molar-refractivity contribution in [3.63, 3.8) is 0 Å². The predicted molar refractivity (Wildman–Crippen MR) is 40.1 cm³/mol. The average Bonchev–Trinajstić information content (AvgIpc) is 2.10. The van der Waals surface area contributed by atoms with Crippen LogP contribution in [0.2, 0.25) is 0 Å². The van der Waals surface area contributed by atoms with E-state index in [1.54, 1.807) is 0 Å². The van der Waals surface area contributed by atoms with Crippen molar-refractivity contribution in [2.24, 2.45) is 11.5 Å². The van der Waals surface area contributed by atoms with Crippen molar-refractivity contribution < 1.29 is 13.2 Å². The Morgan fingerprint density at radius 2 is 1.92 bits per heavy atom. The van der Waals surface area contributed by atoms with Gasteiger partial charge in [-0.05, 0) is 0 Å². The molecule has 1 atom stereocenters. The van der Waals surface area contributed by atoms with Crippen molar-refractivity contribution in [3.8, 4) is 0 Å². The summed E-state index contributed by atoms with van der Waals surface area (Å²) in [6, 6.07) is -0.525. The molecule has 0 saturated carbocycles. The number of aromatic nitrogens is 1. The van der Waals surface area contributed by atoms with Gasteiger partial charge >= 0.3 is 0 Å². The van der Waals surface area contributed by atoms with Crippen LogP contribution in [0, 0.1) is 17.6 Å². The zero-order valence-electron chi connectivity index (χ0n) is 6.60. The van der Waals surface area contributed by atoms with Gasteiger partial charge in [-0.1, -0.05) is 0 Å². The van der Waals surface area contributed by atoms with Crippen LogP contribution in [0.1, 0.15) is 11.7 Å². The summed E-state index contributed by atoms with van der Waals surface area (Å²) in [5.41, 5.74) is 10.1. The van der Waals surface area contributed by atoms with E-state index in [2.05, 4.69) is 4.98 Å². The second kappa shape index (κ2) is 3.71. The lowest BCUT2D eigenvalue weighted by Crippen LogP contribution is -2.23. The van der Waals surface area contributed by atoms with Crippen LogP contribution in [0.15, 0.2) is 6.07 Å². The summed E-state index contributed by atoms with van der Waals surface area (Å²) in [6.45, 7) is -0.0883. The maximum Gasteiger partial charge on any atom is 0.249 e. The summed E-state index contributed by atoms with van der Waals surface area (Å²) in [4.78, 5) is 3.02. The van der Waals surface area contributed by atoms with Crippen LogP contribution < -0.4 is 11.5 Å². The summed E-state index contributed by atoms with van der Waals surface area (Å²) in [7, 11) is 0. The minimum absolute atomic E-state index is 0.0883. The van der Waals surface area contributed by atoms with E-state index in [0.717, 1.165) is 0 Å². The molecule has 72 valence electrons. The molecule has 0 aliphatic heterocycles. The van der Waals surface area contributed by atoms with Gasteiger partial charge in [0.25, 0.3) is 0 Å². The number of rotatable bonds is 2. The maximum absolute atomic E-state index is 12.9. The number of hydrogen-bond acceptors (Lipinski definition) is 3. The molecule has 3 nitrogen and oxygen atoms in total. The molecule has 0 aromatic carbocycles.